The number of fused-ring (bicyclic) bond motifs is 1. The van der Waals surface area contributed by atoms with Gasteiger partial charge in [-0.05, 0) is 33.1 Å². The molecule has 0 bridgehead atoms. The molecule has 1 aliphatic carbocycles. The summed E-state index contributed by atoms with van der Waals surface area (Å²) in [4.78, 5) is 27.0. The van der Waals surface area contributed by atoms with E-state index in [0.29, 0.717) is 25.3 Å². The molecule has 2 amide bonds. The molecular weight excluding hydrogens is 346 g/mol. The highest BCUT2D eigenvalue weighted by Crippen LogP contribution is 2.30. The van der Waals surface area contributed by atoms with Crippen LogP contribution in [0.2, 0.25) is 0 Å². The lowest BCUT2D eigenvalue weighted by molar-refractivity contribution is -0.0504. The number of hydrogen-bond donors (Lipinski definition) is 3. The van der Waals surface area contributed by atoms with Crippen LogP contribution in [-0.4, -0.2) is 62.5 Å². The van der Waals surface area contributed by atoms with Crippen LogP contribution in [0.3, 0.4) is 0 Å². The van der Waals surface area contributed by atoms with Gasteiger partial charge in [0, 0.05) is 25.2 Å². The Hall–Kier alpha value is -1.93. The lowest BCUT2D eigenvalue weighted by atomic mass is 9.93. The van der Waals surface area contributed by atoms with Crippen LogP contribution in [0.4, 0.5) is 0 Å². The van der Waals surface area contributed by atoms with Gasteiger partial charge in [-0.25, -0.2) is 0 Å². The summed E-state index contributed by atoms with van der Waals surface area (Å²) in [5.74, 6) is -0.485. The molecule has 1 aromatic heterocycles. The smallest absolute Gasteiger partial charge is 0.272 e. The minimum atomic E-state index is -0.862. The number of nitrogens with zero attached hydrogens (tertiary/aromatic N) is 3. The highest BCUT2D eigenvalue weighted by Gasteiger charge is 2.47. The molecule has 3 N–H and O–H groups in total. The van der Waals surface area contributed by atoms with E-state index in [1.807, 2.05) is 20.8 Å². The van der Waals surface area contributed by atoms with Crippen LogP contribution in [-0.2, 0) is 6.54 Å². The van der Waals surface area contributed by atoms with Crippen molar-refractivity contribution in [2.45, 2.75) is 77.2 Å². The van der Waals surface area contributed by atoms with Crippen molar-refractivity contribution in [1.29, 1.82) is 0 Å². The molecule has 27 heavy (non-hydrogen) atoms. The summed E-state index contributed by atoms with van der Waals surface area (Å²) in [5.41, 5.74) is -0.195. The van der Waals surface area contributed by atoms with Crippen LogP contribution in [0.5, 0.6) is 0 Å². The number of carbonyl (C=O) groups is 2. The lowest BCUT2D eigenvalue weighted by Crippen LogP contribution is -2.66. The fourth-order valence-electron chi connectivity index (χ4n) is 4.14. The number of hydrogen-bond acceptors (Lipinski definition) is 5. The highest BCUT2D eigenvalue weighted by molar-refractivity contribution is 5.98. The molecule has 2 heterocycles. The van der Waals surface area contributed by atoms with Gasteiger partial charge >= 0.3 is 0 Å². The standard InChI is InChI=1S/C19H31N5O3/c1-4-10-20-16(25)14-11-15-17(26)23(5-2)19(3,12-24(15)22-14)18(27)21-13-8-6-7-9-13/h11,13,18,21,27H,4-10,12H2,1-3H3,(H,20,25). The van der Waals surface area contributed by atoms with E-state index in [9.17, 15) is 14.7 Å². The fraction of sp³-hybridized carbons (Fsp3) is 0.737. The van der Waals surface area contributed by atoms with Gasteiger partial charge in [-0.1, -0.05) is 19.8 Å². The van der Waals surface area contributed by atoms with Gasteiger partial charge in [0.05, 0.1) is 12.1 Å². The SMILES string of the molecule is CCCNC(=O)c1cc2n(n1)CC(C)(C(O)NC1CCCC1)N(CC)C2=O. The van der Waals surface area contributed by atoms with Crippen molar-refractivity contribution in [2.75, 3.05) is 13.1 Å². The molecule has 2 aliphatic rings. The number of rotatable bonds is 7. The van der Waals surface area contributed by atoms with Crippen molar-refractivity contribution in [3.63, 3.8) is 0 Å². The topological polar surface area (TPSA) is 99.5 Å². The first-order chi connectivity index (χ1) is 12.9. The lowest BCUT2D eigenvalue weighted by Gasteiger charge is -2.47. The number of aliphatic hydroxyl groups excluding tert-OH is 1. The molecule has 0 radical (unpaired) electrons. The van der Waals surface area contributed by atoms with Crippen molar-refractivity contribution >= 4 is 11.8 Å². The Morgan fingerprint density at radius 3 is 2.74 bits per heavy atom. The average Bonchev–Trinajstić information content (AvgIpc) is 3.29. The molecule has 0 saturated heterocycles. The molecule has 0 spiro atoms. The molecule has 3 rings (SSSR count). The van der Waals surface area contributed by atoms with Crippen LogP contribution in [0.25, 0.3) is 0 Å². The number of likely N-dealkylation sites (N-methyl/N-ethyl adjacent to an activating group) is 1. The van der Waals surface area contributed by atoms with Gasteiger partial charge in [-0.15, -0.1) is 0 Å². The van der Waals surface area contributed by atoms with E-state index in [-0.39, 0.29) is 23.6 Å². The third kappa shape index (κ3) is 3.73. The van der Waals surface area contributed by atoms with Gasteiger partial charge in [0.15, 0.2) is 5.69 Å². The predicted molar refractivity (Wildman–Crippen MR) is 101 cm³/mol. The van der Waals surface area contributed by atoms with E-state index in [0.717, 1.165) is 32.1 Å². The zero-order valence-electron chi connectivity index (χ0n) is 16.5. The first kappa shape index (κ1) is 19.8. The zero-order chi connectivity index (χ0) is 19.6. The molecule has 2 atom stereocenters. The third-order valence-electron chi connectivity index (χ3n) is 5.75. The summed E-state index contributed by atoms with van der Waals surface area (Å²) in [6.45, 7) is 7.13. The molecule has 0 aromatic carbocycles. The van der Waals surface area contributed by atoms with Gasteiger partial charge < -0.3 is 15.3 Å². The number of nitrogens with one attached hydrogen (secondary N) is 2. The van der Waals surface area contributed by atoms with E-state index in [1.54, 1.807) is 15.6 Å². The summed E-state index contributed by atoms with van der Waals surface area (Å²) in [7, 11) is 0. The predicted octanol–water partition coefficient (Wildman–Crippen LogP) is 1.11. The molecule has 1 saturated carbocycles. The van der Waals surface area contributed by atoms with Gasteiger partial charge in [-0.2, -0.15) is 5.10 Å². The van der Waals surface area contributed by atoms with Gasteiger partial charge in [0.25, 0.3) is 11.8 Å². The van der Waals surface area contributed by atoms with Crippen LogP contribution in [0.15, 0.2) is 6.07 Å². The molecular formula is C19H31N5O3. The van der Waals surface area contributed by atoms with Crippen molar-refractivity contribution in [1.82, 2.24) is 25.3 Å². The molecule has 2 unspecified atom stereocenters. The maximum Gasteiger partial charge on any atom is 0.272 e. The minimum absolute atomic E-state index is 0.208. The summed E-state index contributed by atoms with van der Waals surface area (Å²) in [6.07, 6.45) is 4.39. The molecule has 1 aromatic rings. The second-order valence-electron chi connectivity index (χ2n) is 7.79. The summed E-state index contributed by atoms with van der Waals surface area (Å²) >= 11 is 0. The summed E-state index contributed by atoms with van der Waals surface area (Å²) in [5, 5.41) is 21.4. The van der Waals surface area contributed by atoms with Gasteiger partial charge in [-0.3, -0.25) is 19.6 Å². The van der Waals surface area contributed by atoms with E-state index < -0.39 is 11.8 Å². The van der Waals surface area contributed by atoms with E-state index in [4.69, 9.17) is 0 Å². The van der Waals surface area contributed by atoms with Crippen LogP contribution < -0.4 is 10.6 Å². The fourth-order valence-corrected chi connectivity index (χ4v) is 4.14. The van der Waals surface area contributed by atoms with Crippen molar-refractivity contribution in [3.8, 4) is 0 Å². The van der Waals surface area contributed by atoms with Crippen LogP contribution in [0.1, 0.15) is 73.9 Å². The monoisotopic (exact) mass is 377 g/mol. The first-order valence-corrected chi connectivity index (χ1v) is 10.0. The Morgan fingerprint density at radius 2 is 2.11 bits per heavy atom. The molecule has 150 valence electrons. The van der Waals surface area contributed by atoms with E-state index in [2.05, 4.69) is 15.7 Å². The third-order valence-corrected chi connectivity index (χ3v) is 5.75. The van der Waals surface area contributed by atoms with Crippen molar-refractivity contribution < 1.29 is 14.7 Å². The second kappa shape index (κ2) is 7.98. The number of amides is 2. The number of aromatic nitrogens is 2. The maximum absolute atomic E-state index is 13.0. The second-order valence-corrected chi connectivity index (χ2v) is 7.79. The Kier molecular flexibility index (Phi) is 5.86. The van der Waals surface area contributed by atoms with Crippen molar-refractivity contribution in [2.24, 2.45) is 0 Å². The first-order valence-electron chi connectivity index (χ1n) is 10.0. The van der Waals surface area contributed by atoms with Crippen LogP contribution >= 0.6 is 0 Å². The van der Waals surface area contributed by atoms with Gasteiger partial charge in [0.1, 0.15) is 11.9 Å². The van der Waals surface area contributed by atoms with E-state index >= 15 is 0 Å². The highest BCUT2D eigenvalue weighted by atomic mass is 16.3. The quantitative estimate of drug-likeness (QED) is 0.618. The molecule has 8 heteroatoms. The maximum atomic E-state index is 13.0. The number of aliphatic hydroxyl groups is 1. The Morgan fingerprint density at radius 1 is 1.41 bits per heavy atom. The summed E-state index contributed by atoms with van der Waals surface area (Å²) in [6, 6.07) is 1.83. The Balaban J connectivity index is 1.84. The summed E-state index contributed by atoms with van der Waals surface area (Å²) < 4.78 is 1.56. The Bertz CT molecular complexity index is 698. The number of carbonyl (C=O) groups excluding carboxylic acids is 2. The van der Waals surface area contributed by atoms with Crippen molar-refractivity contribution in [3.05, 3.63) is 17.5 Å². The van der Waals surface area contributed by atoms with Gasteiger partial charge in [0.2, 0.25) is 0 Å². The minimum Gasteiger partial charge on any atom is -0.376 e. The normalized spacial score (nSPS) is 24.1. The molecule has 8 nitrogen and oxygen atoms in total. The molecule has 1 fully saturated rings. The molecule has 1 aliphatic heterocycles. The van der Waals surface area contributed by atoms with E-state index in [1.165, 1.54) is 0 Å². The Labute approximate surface area is 160 Å². The van der Waals surface area contributed by atoms with Crippen LogP contribution in [0, 0.1) is 0 Å². The zero-order valence-corrected chi connectivity index (χ0v) is 16.5. The largest absolute Gasteiger partial charge is 0.376 e. The average molecular weight is 377 g/mol.